The predicted octanol–water partition coefficient (Wildman–Crippen LogP) is 0.262. The Morgan fingerprint density at radius 3 is 2.24 bits per heavy atom. The van der Waals surface area contributed by atoms with Crippen molar-refractivity contribution in [3.8, 4) is 16.9 Å². The van der Waals surface area contributed by atoms with Crippen LogP contribution in [-0.4, -0.2) is 85.7 Å². The van der Waals surface area contributed by atoms with E-state index in [0.717, 1.165) is 0 Å². The molecule has 9 N–H and O–H groups in total. The molecule has 0 unspecified atom stereocenters. The molecule has 2 aromatic rings. The number of Topliss-reactive ketones (excluding diaryl/α,β-unsaturated/α-hetero) is 2. The lowest BCUT2D eigenvalue weighted by Gasteiger charge is -2.53. The number of nitrogens with two attached hydrogens (primary N) is 2. The molecule has 0 bridgehead atoms. The Hall–Kier alpha value is -4.52. The number of phenols is 1. The number of benzene rings is 2. The smallest absolute Gasteiger partial charge is 0.255 e. The van der Waals surface area contributed by atoms with Crippen LogP contribution in [0.5, 0.6) is 5.75 Å². The molecule has 5 rings (SSSR count). The summed E-state index contributed by atoms with van der Waals surface area (Å²) < 4.78 is 0. The number of rotatable bonds is 4. The van der Waals surface area contributed by atoms with Crippen LogP contribution in [0.1, 0.15) is 34.3 Å². The van der Waals surface area contributed by atoms with Gasteiger partial charge in [0.1, 0.15) is 22.8 Å². The highest BCUT2D eigenvalue weighted by Crippen LogP contribution is 2.56. The van der Waals surface area contributed by atoms with Gasteiger partial charge in [0, 0.05) is 22.6 Å². The summed E-state index contributed by atoms with van der Waals surface area (Å²) in [5.74, 6) is -10.3. The zero-order chi connectivity index (χ0) is 30.3. The molecule has 6 atom stereocenters. The Bertz CT molecular complexity index is 1630. The number of hydrogen-bond acceptors (Lipinski definition) is 10. The fourth-order valence-electron chi connectivity index (χ4n) is 6.69. The van der Waals surface area contributed by atoms with Gasteiger partial charge in [0.2, 0.25) is 11.7 Å². The Morgan fingerprint density at radius 2 is 1.66 bits per heavy atom. The minimum atomic E-state index is -2.99. The van der Waals surface area contributed by atoms with Gasteiger partial charge in [0.25, 0.3) is 5.91 Å². The van der Waals surface area contributed by atoms with Crippen molar-refractivity contribution in [2.45, 2.75) is 30.6 Å². The van der Waals surface area contributed by atoms with Gasteiger partial charge in [-0.3, -0.25) is 24.1 Å². The molecule has 12 nitrogen and oxygen atoms in total. The average Bonchev–Trinajstić information content (AvgIpc) is 2.90. The number of amides is 2. The summed E-state index contributed by atoms with van der Waals surface area (Å²) in [4.78, 5) is 52.5. The average molecular weight is 564 g/mol. The monoisotopic (exact) mass is 563 g/mol. The van der Waals surface area contributed by atoms with Gasteiger partial charge in [-0.2, -0.15) is 0 Å². The van der Waals surface area contributed by atoms with Gasteiger partial charge in [-0.1, -0.05) is 31.2 Å². The molecule has 0 radical (unpaired) electrons. The fraction of sp³-hybridized carbons (Fsp3) is 0.310. The third-order valence-electron chi connectivity index (χ3n) is 8.59. The maximum atomic E-state index is 14.1. The molecule has 0 aromatic heterocycles. The Labute approximate surface area is 233 Å². The fourth-order valence-corrected chi connectivity index (χ4v) is 6.69. The van der Waals surface area contributed by atoms with Gasteiger partial charge in [0.15, 0.2) is 11.4 Å². The van der Waals surface area contributed by atoms with Gasteiger partial charge in [-0.25, -0.2) is 0 Å². The van der Waals surface area contributed by atoms with Gasteiger partial charge < -0.3 is 37.0 Å². The van der Waals surface area contributed by atoms with Crippen LogP contribution in [0.2, 0.25) is 0 Å². The van der Waals surface area contributed by atoms with Gasteiger partial charge in [-0.15, -0.1) is 0 Å². The van der Waals surface area contributed by atoms with Crippen LogP contribution in [0.4, 0.5) is 0 Å². The van der Waals surface area contributed by atoms with Crippen molar-refractivity contribution in [1.82, 2.24) is 4.90 Å². The predicted molar refractivity (Wildman–Crippen MR) is 144 cm³/mol. The standard InChI is InChI=1S/C29H29N3O9/c1-10-13-7-8-14(11-5-4-6-12(9-11)27(30)39)21(33)16(13)22(34)17-15(10)23(35)19-20(32(2)3)24(36)18(28(31)40)26(38)29(19,41)25(17)37/h4-10,15,19-20,23,33-35,38,41H,1-3H3,(H2,30,39)(H2,31,40)/t10-,15+,19+,20-,23-,29-/m0/s1. The van der Waals surface area contributed by atoms with E-state index in [4.69, 9.17) is 11.5 Å². The summed E-state index contributed by atoms with van der Waals surface area (Å²) in [6, 6.07) is 7.81. The van der Waals surface area contributed by atoms with Gasteiger partial charge >= 0.3 is 0 Å². The van der Waals surface area contributed by atoms with Crippen LogP contribution in [0, 0.1) is 11.8 Å². The summed E-state index contributed by atoms with van der Waals surface area (Å²) in [7, 11) is 2.88. The quantitative estimate of drug-likeness (QED) is 0.251. The zero-order valence-corrected chi connectivity index (χ0v) is 22.3. The molecule has 1 saturated carbocycles. The molecular weight excluding hydrogens is 534 g/mol. The van der Waals surface area contributed by atoms with Crippen LogP contribution in [0.3, 0.4) is 0 Å². The van der Waals surface area contributed by atoms with Crippen molar-refractivity contribution in [1.29, 1.82) is 0 Å². The minimum absolute atomic E-state index is 0.150. The summed E-state index contributed by atoms with van der Waals surface area (Å²) >= 11 is 0. The molecule has 3 aliphatic carbocycles. The topological polar surface area (TPSA) is 225 Å². The second-order valence-corrected chi connectivity index (χ2v) is 10.9. The van der Waals surface area contributed by atoms with Crippen LogP contribution in [0.15, 0.2) is 53.3 Å². The molecular formula is C29H29N3O9. The summed E-state index contributed by atoms with van der Waals surface area (Å²) in [5, 5.41) is 57.2. The third-order valence-corrected chi connectivity index (χ3v) is 8.59. The highest BCUT2D eigenvalue weighted by molar-refractivity contribution is 6.24. The first-order chi connectivity index (χ1) is 19.2. The number of primary amides is 2. The molecule has 0 saturated heterocycles. The highest BCUT2D eigenvalue weighted by atomic mass is 16.4. The van der Waals surface area contributed by atoms with E-state index in [0.29, 0.717) is 11.1 Å². The molecule has 41 heavy (non-hydrogen) atoms. The molecule has 1 fully saturated rings. The normalized spacial score (nSPS) is 29.3. The molecule has 2 amide bonds. The molecule has 3 aliphatic rings. The lowest BCUT2D eigenvalue weighted by atomic mass is 9.54. The Balaban J connectivity index is 1.77. The summed E-state index contributed by atoms with van der Waals surface area (Å²) in [5.41, 5.74) is 7.21. The van der Waals surface area contributed by atoms with E-state index in [1.165, 1.54) is 31.1 Å². The van der Waals surface area contributed by atoms with Crippen molar-refractivity contribution >= 4 is 29.1 Å². The number of phenolic OH excluding ortho intramolecular Hbond substituents is 1. The van der Waals surface area contributed by atoms with Crippen molar-refractivity contribution < 1.29 is 44.7 Å². The highest BCUT2D eigenvalue weighted by Gasteiger charge is 2.68. The first-order valence-electron chi connectivity index (χ1n) is 12.7. The Kier molecular flexibility index (Phi) is 6.33. The Morgan fingerprint density at radius 1 is 1.00 bits per heavy atom. The molecule has 0 heterocycles. The van der Waals surface area contributed by atoms with Crippen molar-refractivity contribution in [2.75, 3.05) is 14.1 Å². The summed E-state index contributed by atoms with van der Waals surface area (Å²) in [6.07, 6.45) is -1.68. The second-order valence-electron chi connectivity index (χ2n) is 10.9. The number of aliphatic hydroxyl groups is 4. The zero-order valence-electron chi connectivity index (χ0n) is 22.3. The molecule has 214 valence electrons. The summed E-state index contributed by atoms with van der Waals surface area (Å²) in [6.45, 7) is 1.64. The molecule has 0 spiro atoms. The van der Waals surface area contributed by atoms with Gasteiger partial charge in [-0.05, 0) is 43.3 Å². The first-order valence-corrected chi connectivity index (χ1v) is 12.7. The number of aliphatic hydroxyl groups excluding tert-OH is 3. The lowest BCUT2D eigenvalue weighted by Crippen LogP contribution is -2.70. The maximum absolute atomic E-state index is 14.1. The number of carbonyl (C=O) groups excluding carboxylic acids is 4. The van der Waals surface area contributed by atoms with E-state index < -0.39 is 87.3 Å². The van der Waals surface area contributed by atoms with Crippen LogP contribution in [0.25, 0.3) is 16.9 Å². The number of carbonyl (C=O) groups is 4. The van der Waals surface area contributed by atoms with E-state index in [-0.39, 0.29) is 16.7 Å². The lowest BCUT2D eigenvalue weighted by molar-refractivity contribution is -0.169. The van der Waals surface area contributed by atoms with E-state index in [1.54, 1.807) is 31.2 Å². The van der Waals surface area contributed by atoms with E-state index in [1.807, 2.05) is 0 Å². The number of aromatic hydroxyl groups is 1. The maximum Gasteiger partial charge on any atom is 0.255 e. The third kappa shape index (κ3) is 3.64. The van der Waals surface area contributed by atoms with Crippen molar-refractivity contribution in [3.63, 3.8) is 0 Å². The van der Waals surface area contributed by atoms with E-state index in [2.05, 4.69) is 0 Å². The second kappa shape index (κ2) is 9.26. The number of nitrogens with zero attached hydrogens (tertiary/aromatic N) is 1. The van der Waals surface area contributed by atoms with Crippen molar-refractivity contribution in [3.05, 3.63) is 70.0 Å². The largest absolute Gasteiger partial charge is 0.508 e. The van der Waals surface area contributed by atoms with Gasteiger partial charge in [0.05, 0.1) is 23.6 Å². The van der Waals surface area contributed by atoms with Crippen LogP contribution < -0.4 is 11.5 Å². The number of fused-ring (bicyclic) bond motifs is 3. The minimum Gasteiger partial charge on any atom is -0.508 e. The SMILES string of the molecule is C[C@H]1c2ccc(-c3cccc(C(N)=O)c3)c(O)c2C(O)=C2C(=O)[C@]3(O)C(O)=C(C(N)=O)C(=O)[C@@H](N(C)C)[C@@H]3[C@@H](O)[C@@H]21. The van der Waals surface area contributed by atoms with Crippen LogP contribution in [-0.2, 0) is 14.4 Å². The molecule has 2 aromatic carbocycles. The van der Waals surface area contributed by atoms with Crippen LogP contribution >= 0.6 is 0 Å². The van der Waals surface area contributed by atoms with E-state index in [9.17, 15) is 44.7 Å². The number of ketones is 2. The molecule has 0 aliphatic heterocycles. The number of likely N-dealkylation sites (N-methyl/N-ethyl adjacent to an activating group) is 1. The van der Waals surface area contributed by atoms with E-state index >= 15 is 0 Å². The molecule has 12 heteroatoms. The number of hydrogen-bond donors (Lipinski definition) is 7. The first kappa shape index (κ1) is 28.0. The van der Waals surface area contributed by atoms with Crippen molar-refractivity contribution in [2.24, 2.45) is 23.3 Å².